The van der Waals surface area contributed by atoms with Gasteiger partial charge in [-0.1, -0.05) is 18.2 Å². The van der Waals surface area contributed by atoms with Gasteiger partial charge < -0.3 is 4.74 Å². The summed E-state index contributed by atoms with van der Waals surface area (Å²) in [5.41, 5.74) is 0. The third-order valence-electron chi connectivity index (χ3n) is 3.65. The fraction of sp³-hybridized carbons (Fsp3) is 0.438. The van der Waals surface area contributed by atoms with Gasteiger partial charge in [0.1, 0.15) is 0 Å². The summed E-state index contributed by atoms with van der Waals surface area (Å²) in [7, 11) is 0. The molecule has 2 nitrogen and oxygen atoms in total. The van der Waals surface area contributed by atoms with Gasteiger partial charge in [0.15, 0.2) is 5.78 Å². The Kier molecular flexibility index (Phi) is 3.95. The third-order valence-corrected chi connectivity index (χ3v) is 4.81. The van der Waals surface area contributed by atoms with E-state index in [1.807, 2.05) is 18.2 Å². The normalized spacial score (nSPS) is 19.1. The van der Waals surface area contributed by atoms with Crippen molar-refractivity contribution in [2.75, 3.05) is 6.61 Å². The van der Waals surface area contributed by atoms with Crippen molar-refractivity contribution in [1.29, 1.82) is 0 Å². The van der Waals surface area contributed by atoms with E-state index in [1.54, 1.807) is 11.3 Å². The van der Waals surface area contributed by atoms with E-state index in [2.05, 4.69) is 12.1 Å². The summed E-state index contributed by atoms with van der Waals surface area (Å²) >= 11 is 1.61. The Labute approximate surface area is 117 Å². The molecule has 1 unspecified atom stereocenters. The van der Waals surface area contributed by atoms with Crippen molar-refractivity contribution in [1.82, 2.24) is 0 Å². The predicted molar refractivity (Wildman–Crippen MR) is 79.0 cm³/mol. The highest BCUT2D eigenvalue weighted by atomic mass is 32.1. The number of fused-ring (bicyclic) bond motifs is 1. The number of Topliss-reactive ketones (excluding diaryl/α,β-unsaturated/α-hetero) is 1. The molecule has 0 amide bonds. The fourth-order valence-electron chi connectivity index (χ4n) is 2.60. The molecule has 1 aromatic heterocycles. The molecule has 3 heteroatoms. The monoisotopic (exact) mass is 274 g/mol. The summed E-state index contributed by atoms with van der Waals surface area (Å²) in [5.74, 6) is 0.277. The zero-order valence-electron chi connectivity index (χ0n) is 10.9. The number of benzene rings is 1. The Morgan fingerprint density at radius 3 is 3.05 bits per heavy atom. The fourth-order valence-corrected chi connectivity index (χ4v) is 3.63. The van der Waals surface area contributed by atoms with Gasteiger partial charge in [-0.3, -0.25) is 4.79 Å². The van der Waals surface area contributed by atoms with Crippen molar-refractivity contribution in [3.8, 4) is 0 Å². The van der Waals surface area contributed by atoms with E-state index in [0.717, 1.165) is 30.7 Å². The van der Waals surface area contributed by atoms with Crippen LogP contribution in [0.3, 0.4) is 0 Å². The number of carbonyl (C=O) groups excluding carboxylic acids is 1. The third kappa shape index (κ3) is 3.04. The Balaban J connectivity index is 1.57. The van der Waals surface area contributed by atoms with Crippen LogP contribution >= 0.6 is 11.3 Å². The summed E-state index contributed by atoms with van der Waals surface area (Å²) in [6.07, 6.45) is 5.35. The molecule has 1 aliphatic rings. The SMILES string of the molecule is O=C(CCCC1CCCO1)c1cc2ccccc2s1. The first-order valence-electron chi connectivity index (χ1n) is 6.96. The van der Waals surface area contributed by atoms with Gasteiger partial charge >= 0.3 is 0 Å². The number of thiophene rings is 1. The molecule has 0 N–H and O–H groups in total. The maximum atomic E-state index is 12.2. The molecule has 1 fully saturated rings. The van der Waals surface area contributed by atoms with Gasteiger partial charge in [-0.05, 0) is 43.2 Å². The van der Waals surface area contributed by atoms with Crippen LogP contribution < -0.4 is 0 Å². The van der Waals surface area contributed by atoms with E-state index >= 15 is 0 Å². The standard InChI is InChI=1S/C16H18O2S/c17-14(8-3-6-13-7-4-10-18-13)16-11-12-5-1-2-9-15(12)19-16/h1-2,5,9,11,13H,3-4,6-8,10H2. The molecule has 1 saturated heterocycles. The highest BCUT2D eigenvalue weighted by molar-refractivity contribution is 7.20. The molecular formula is C16H18O2S. The molecule has 1 atom stereocenters. The van der Waals surface area contributed by atoms with Crippen LogP contribution in [0.1, 0.15) is 41.8 Å². The van der Waals surface area contributed by atoms with Gasteiger partial charge in [0, 0.05) is 17.7 Å². The van der Waals surface area contributed by atoms with Crippen molar-refractivity contribution in [3.05, 3.63) is 35.2 Å². The maximum absolute atomic E-state index is 12.2. The minimum absolute atomic E-state index is 0.277. The second kappa shape index (κ2) is 5.85. The summed E-state index contributed by atoms with van der Waals surface area (Å²) in [5, 5.41) is 1.18. The maximum Gasteiger partial charge on any atom is 0.172 e. The van der Waals surface area contributed by atoms with E-state index < -0.39 is 0 Å². The number of hydrogen-bond acceptors (Lipinski definition) is 3. The van der Waals surface area contributed by atoms with E-state index in [0.29, 0.717) is 12.5 Å². The van der Waals surface area contributed by atoms with Gasteiger partial charge in [0.05, 0.1) is 11.0 Å². The van der Waals surface area contributed by atoms with Crippen molar-refractivity contribution in [2.45, 2.75) is 38.2 Å². The first-order chi connectivity index (χ1) is 9.33. The van der Waals surface area contributed by atoms with Crippen LogP contribution in [-0.2, 0) is 4.74 Å². The lowest BCUT2D eigenvalue weighted by Gasteiger charge is -2.07. The predicted octanol–water partition coefficient (Wildman–Crippen LogP) is 4.43. The topological polar surface area (TPSA) is 26.3 Å². The van der Waals surface area contributed by atoms with Crippen LogP contribution in [0.25, 0.3) is 10.1 Å². The van der Waals surface area contributed by atoms with Crippen LogP contribution in [0.4, 0.5) is 0 Å². The summed E-state index contributed by atoms with van der Waals surface area (Å²) in [6.45, 7) is 0.898. The van der Waals surface area contributed by atoms with Crippen molar-refractivity contribution < 1.29 is 9.53 Å². The molecule has 0 spiro atoms. The van der Waals surface area contributed by atoms with Gasteiger partial charge in [0.2, 0.25) is 0 Å². The Bertz CT molecular complexity index is 534. The van der Waals surface area contributed by atoms with Crippen LogP contribution in [-0.4, -0.2) is 18.5 Å². The lowest BCUT2D eigenvalue weighted by molar-refractivity contribution is 0.0925. The molecule has 100 valence electrons. The molecule has 2 aromatic rings. The first-order valence-corrected chi connectivity index (χ1v) is 7.78. The summed E-state index contributed by atoms with van der Waals surface area (Å²) in [6, 6.07) is 10.2. The largest absolute Gasteiger partial charge is 0.378 e. The molecule has 1 aromatic carbocycles. The highest BCUT2D eigenvalue weighted by Crippen LogP contribution is 2.27. The molecule has 0 saturated carbocycles. The molecule has 0 bridgehead atoms. The number of carbonyl (C=O) groups is 1. The van der Waals surface area contributed by atoms with Crippen molar-refractivity contribution in [3.63, 3.8) is 0 Å². The summed E-state index contributed by atoms with van der Waals surface area (Å²) in [4.78, 5) is 13.1. The van der Waals surface area contributed by atoms with E-state index in [4.69, 9.17) is 4.74 Å². The van der Waals surface area contributed by atoms with Gasteiger partial charge in [0.25, 0.3) is 0 Å². The number of hydrogen-bond donors (Lipinski definition) is 0. The quantitative estimate of drug-likeness (QED) is 0.754. The number of ether oxygens (including phenoxy) is 1. The lowest BCUT2D eigenvalue weighted by atomic mass is 10.1. The smallest absolute Gasteiger partial charge is 0.172 e. The van der Waals surface area contributed by atoms with E-state index in [1.165, 1.54) is 16.5 Å². The van der Waals surface area contributed by atoms with E-state index in [9.17, 15) is 4.79 Å². The van der Waals surface area contributed by atoms with Crippen LogP contribution in [0, 0.1) is 0 Å². The van der Waals surface area contributed by atoms with Crippen molar-refractivity contribution in [2.24, 2.45) is 0 Å². The highest BCUT2D eigenvalue weighted by Gasteiger charge is 2.16. The molecular weight excluding hydrogens is 256 g/mol. The minimum Gasteiger partial charge on any atom is -0.378 e. The first kappa shape index (κ1) is 12.8. The molecule has 19 heavy (non-hydrogen) atoms. The van der Waals surface area contributed by atoms with Crippen LogP contribution in [0.15, 0.2) is 30.3 Å². The van der Waals surface area contributed by atoms with E-state index in [-0.39, 0.29) is 5.78 Å². The second-order valence-electron chi connectivity index (χ2n) is 5.10. The molecule has 2 heterocycles. The molecule has 0 radical (unpaired) electrons. The van der Waals surface area contributed by atoms with Crippen molar-refractivity contribution >= 4 is 27.2 Å². The van der Waals surface area contributed by atoms with Gasteiger partial charge in [-0.15, -0.1) is 11.3 Å². The summed E-state index contributed by atoms with van der Waals surface area (Å²) < 4.78 is 6.78. The Morgan fingerprint density at radius 1 is 1.37 bits per heavy atom. The molecule has 0 aliphatic carbocycles. The van der Waals surface area contributed by atoms with Gasteiger partial charge in [-0.2, -0.15) is 0 Å². The minimum atomic E-state index is 0.277. The van der Waals surface area contributed by atoms with Crippen LogP contribution in [0.5, 0.6) is 0 Å². The zero-order valence-corrected chi connectivity index (χ0v) is 11.7. The molecule has 1 aliphatic heterocycles. The average Bonchev–Trinajstić information content (AvgIpc) is 3.07. The van der Waals surface area contributed by atoms with Gasteiger partial charge in [-0.25, -0.2) is 0 Å². The Morgan fingerprint density at radius 2 is 2.26 bits per heavy atom. The lowest BCUT2D eigenvalue weighted by Crippen LogP contribution is -2.06. The van der Waals surface area contributed by atoms with Crippen LogP contribution in [0.2, 0.25) is 0 Å². The second-order valence-corrected chi connectivity index (χ2v) is 6.18. The average molecular weight is 274 g/mol. The Hall–Kier alpha value is -1.19. The number of ketones is 1. The number of rotatable bonds is 5. The zero-order chi connectivity index (χ0) is 13.1. The molecule has 3 rings (SSSR count).